The summed E-state index contributed by atoms with van der Waals surface area (Å²) in [6, 6.07) is 23.0. The molecule has 1 saturated heterocycles. The van der Waals surface area contributed by atoms with E-state index in [2.05, 4.69) is 47.4 Å². The predicted molar refractivity (Wildman–Crippen MR) is 110 cm³/mol. The van der Waals surface area contributed by atoms with E-state index in [9.17, 15) is 4.79 Å². The van der Waals surface area contributed by atoms with Crippen molar-refractivity contribution in [2.24, 2.45) is 0 Å². The van der Waals surface area contributed by atoms with Crippen LogP contribution in [0.5, 0.6) is 5.75 Å². The van der Waals surface area contributed by atoms with E-state index in [4.69, 9.17) is 4.74 Å². The normalized spacial score (nSPS) is 19.4. The average Bonchev–Trinajstić information content (AvgIpc) is 3.18. The highest BCUT2D eigenvalue weighted by Gasteiger charge is 2.33. The molecular formula is C24H24N2O2. The number of hydrogen-bond donors (Lipinski definition) is 0. The van der Waals surface area contributed by atoms with Gasteiger partial charge in [0.15, 0.2) is 6.10 Å². The molecule has 1 amide bonds. The van der Waals surface area contributed by atoms with Crippen molar-refractivity contribution in [2.75, 3.05) is 26.2 Å². The number of nitrogens with zero attached hydrogens (tertiary/aromatic N) is 2. The van der Waals surface area contributed by atoms with Gasteiger partial charge in [-0.2, -0.15) is 0 Å². The maximum atomic E-state index is 12.9. The highest BCUT2D eigenvalue weighted by molar-refractivity contribution is 5.85. The molecule has 2 aliphatic heterocycles. The molecule has 0 unspecified atom stereocenters. The Balaban J connectivity index is 1.20. The predicted octanol–water partition coefficient (Wildman–Crippen LogP) is 3.49. The van der Waals surface area contributed by atoms with Gasteiger partial charge < -0.3 is 9.64 Å². The third kappa shape index (κ3) is 3.25. The SMILES string of the molecule is O=C([C@@H]1Cc2ccccc2O1)N1CCN(Cc2cccc3ccccc23)CC1. The van der Waals surface area contributed by atoms with Crippen molar-refractivity contribution in [3.05, 3.63) is 77.9 Å². The Morgan fingerprint density at radius 2 is 1.64 bits per heavy atom. The lowest BCUT2D eigenvalue weighted by Gasteiger charge is -2.35. The van der Waals surface area contributed by atoms with Crippen LogP contribution in [0.15, 0.2) is 66.7 Å². The first-order valence-corrected chi connectivity index (χ1v) is 10.0. The molecule has 0 bridgehead atoms. The minimum absolute atomic E-state index is 0.126. The fourth-order valence-corrected chi connectivity index (χ4v) is 4.32. The number of fused-ring (bicyclic) bond motifs is 2. The van der Waals surface area contributed by atoms with Crippen molar-refractivity contribution in [1.82, 2.24) is 9.80 Å². The number of carbonyl (C=O) groups excluding carboxylic acids is 1. The van der Waals surface area contributed by atoms with Gasteiger partial charge in [0.1, 0.15) is 5.75 Å². The first-order valence-electron chi connectivity index (χ1n) is 10.0. The molecule has 1 fully saturated rings. The molecule has 2 aliphatic rings. The second kappa shape index (κ2) is 7.28. The van der Waals surface area contributed by atoms with E-state index in [0.29, 0.717) is 6.42 Å². The lowest BCUT2D eigenvalue weighted by molar-refractivity contribution is -0.139. The second-order valence-electron chi connectivity index (χ2n) is 7.66. The Morgan fingerprint density at radius 1 is 0.893 bits per heavy atom. The van der Waals surface area contributed by atoms with Crippen LogP contribution in [-0.2, 0) is 17.8 Å². The third-order valence-electron chi connectivity index (χ3n) is 5.88. The first kappa shape index (κ1) is 17.3. The van der Waals surface area contributed by atoms with Crippen LogP contribution in [0.25, 0.3) is 10.8 Å². The van der Waals surface area contributed by atoms with Gasteiger partial charge in [0, 0.05) is 39.1 Å². The maximum Gasteiger partial charge on any atom is 0.264 e. The summed E-state index contributed by atoms with van der Waals surface area (Å²) < 4.78 is 5.89. The van der Waals surface area contributed by atoms with Gasteiger partial charge in [-0.3, -0.25) is 9.69 Å². The molecule has 0 saturated carbocycles. The lowest BCUT2D eigenvalue weighted by Crippen LogP contribution is -2.51. The van der Waals surface area contributed by atoms with Crippen LogP contribution in [0, 0.1) is 0 Å². The van der Waals surface area contributed by atoms with Crippen molar-refractivity contribution >= 4 is 16.7 Å². The van der Waals surface area contributed by atoms with Gasteiger partial charge in [0.2, 0.25) is 0 Å². The summed E-state index contributed by atoms with van der Waals surface area (Å²) in [6.45, 7) is 4.25. The summed E-state index contributed by atoms with van der Waals surface area (Å²) in [5, 5.41) is 2.60. The van der Waals surface area contributed by atoms with Crippen LogP contribution in [0.1, 0.15) is 11.1 Å². The van der Waals surface area contributed by atoms with Crippen molar-refractivity contribution in [3.63, 3.8) is 0 Å². The van der Waals surface area contributed by atoms with E-state index in [-0.39, 0.29) is 12.0 Å². The molecule has 142 valence electrons. The third-order valence-corrected chi connectivity index (χ3v) is 5.88. The van der Waals surface area contributed by atoms with Gasteiger partial charge in [0.25, 0.3) is 5.91 Å². The molecule has 0 spiro atoms. The number of para-hydroxylation sites is 1. The zero-order valence-corrected chi connectivity index (χ0v) is 15.9. The van der Waals surface area contributed by atoms with Crippen LogP contribution >= 0.6 is 0 Å². The summed E-state index contributed by atoms with van der Waals surface area (Å²) in [4.78, 5) is 17.3. The van der Waals surface area contributed by atoms with Crippen molar-refractivity contribution in [2.45, 2.75) is 19.1 Å². The molecule has 4 nitrogen and oxygen atoms in total. The van der Waals surface area contributed by atoms with E-state index in [1.165, 1.54) is 16.3 Å². The van der Waals surface area contributed by atoms with Gasteiger partial charge in [0.05, 0.1) is 0 Å². The van der Waals surface area contributed by atoms with Crippen molar-refractivity contribution in [1.29, 1.82) is 0 Å². The van der Waals surface area contributed by atoms with Gasteiger partial charge in [-0.25, -0.2) is 0 Å². The van der Waals surface area contributed by atoms with E-state index in [1.54, 1.807) is 0 Å². The number of rotatable bonds is 3. The number of carbonyl (C=O) groups is 1. The van der Waals surface area contributed by atoms with Crippen LogP contribution in [0.3, 0.4) is 0 Å². The van der Waals surface area contributed by atoms with Crippen LogP contribution < -0.4 is 4.74 Å². The highest BCUT2D eigenvalue weighted by atomic mass is 16.5. The molecule has 0 radical (unpaired) electrons. The monoisotopic (exact) mass is 372 g/mol. The number of hydrogen-bond acceptors (Lipinski definition) is 3. The Morgan fingerprint density at radius 3 is 2.50 bits per heavy atom. The Hall–Kier alpha value is -2.85. The smallest absolute Gasteiger partial charge is 0.264 e. The second-order valence-corrected chi connectivity index (χ2v) is 7.66. The van der Waals surface area contributed by atoms with Crippen LogP contribution in [-0.4, -0.2) is 48.0 Å². The molecule has 28 heavy (non-hydrogen) atoms. The zero-order chi connectivity index (χ0) is 18.9. The summed E-state index contributed by atoms with van der Waals surface area (Å²) in [5.41, 5.74) is 2.49. The molecule has 0 N–H and O–H groups in total. The fraction of sp³-hybridized carbons (Fsp3) is 0.292. The quantitative estimate of drug-likeness (QED) is 0.706. The van der Waals surface area contributed by atoms with Crippen molar-refractivity contribution < 1.29 is 9.53 Å². The molecule has 5 rings (SSSR count). The number of ether oxygens (including phenoxy) is 1. The van der Waals surface area contributed by atoms with Gasteiger partial charge in [-0.15, -0.1) is 0 Å². The number of piperazine rings is 1. The molecule has 0 aliphatic carbocycles. The molecule has 3 aromatic rings. The van der Waals surface area contributed by atoms with E-state index in [1.807, 2.05) is 29.2 Å². The molecule has 2 heterocycles. The standard InChI is InChI=1S/C24H24N2O2/c27-24(23-16-19-7-2-4-11-22(19)28-23)26-14-12-25(13-15-26)17-20-9-5-8-18-6-1-3-10-21(18)20/h1-11,23H,12-17H2/t23-/m0/s1. The Bertz CT molecular complexity index is 978. The molecular weight excluding hydrogens is 348 g/mol. The van der Waals surface area contributed by atoms with E-state index < -0.39 is 0 Å². The topological polar surface area (TPSA) is 32.8 Å². The van der Waals surface area contributed by atoms with E-state index >= 15 is 0 Å². The fourth-order valence-electron chi connectivity index (χ4n) is 4.32. The molecule has 1 atom stereocenters. The van der Waals surface area contributed by atoms with Crippen molar-refractivity contribution in [3.8, 4) is 5.75 Å². The zero-order valence-electron chi connectivity index (χ0n) is 15.9. The number of benzene rings is 3. The van der Waals surface area contributed by atoms with Crippen LogP contribution in [0.2, 0.25) is 0 Å². The maximum absolute atomic E-state index is 12.9. The number of amides is 1. The highest BCUT2D eigenvalue weighted by Crippen LogP contribution is 2.29. The lowest BCUT2D eigenvalue weighted by atomic mass is 10.0. The molecule has 0 aromatic heterocycles. The Kier molecular flexibility index (Phi) is 4.49. The van der Waals surface area contributed by atoms with Gasteiger partial charge in [-0.1, -0.05) is 60.7 Å². The average molecular weight is 372 g/mol. The van der Waals surface area contributed by atoms with Crippen LogP contribution in [0.4, 0.5) is 0 Å². The molecule has 3 aromatic carbocycles. The van der Waals surface area contributed by atoms with Gasteiger partial charge in [-0.05, 0) is 28.0 Å². The largest absolute Gasteiger partial charge is 0.480 e. The molecule has 4 heteroatoms. The van der Waals surface area contributed by atoms with E-state index in [0.717, 1.165) is 44.0 Å². The minimum Gasteiger partial charge on any atom is -0.480 e. The summed E-state index contributed by atoms with van der Waals surface area (Å²) >= 11 is 0. The first-order chi connectivity index (χ1) is 13.8. The van der Waals surface area contributed by atoms with Gasteiger partial charge >= 0.3 is 0 Å². The Labute approximate surface area is 165 Å². The minimum atomic E-state index is -0.359. The summed E-state index contributed by atoms with van der Waals surface area (Å²) in [5.74, 6) is 0.983. The summed E-state index contributed by atoms with van der Waals surface area (Å²) in [7, 11) is 0. The summed E-state index contributed by atoms with van der Waals surface area (Å²) in [6.07, 6.45) is 0.326.